The SMILES string of the molecule is C=C/C=C/C=C/C=C/C=C/C=C/C=C/C=C/C=C/C=C/C=C/C=C/CCCCCC. The lowest BCUT2D eigenvalue weighted by atomic mass is 10.1. The molecule has 0 radical (unpaired) electrons. The summed E-state index contributed by atoms with van der Waals surface area (Å²) >= 11 is 0. The Balaban J connectivity index is 3.85. The summed E-state index contributed by atoms with van der Waals surface area (Å²) in [5.74, 6) is 0. The molecule has 0 aromatic heterocycles. The van der Waals surface area contributed by atoms with E-state index in [9.17, 15) is 0 Å². The summed E-state index contributed by atoms with van der Waals surface area (Å²) in [6, 6.07) is 0. The van der Waals surface area contributed by atoms with Gasteiger partial charge in [0.1, 0.15) is 0 Å². The summed E-state index contributed by atoms with van der Waals surface area (Å²) in [6.07, 6.45) is 52.6. The summed E-state index contributed by atoms with van der Waals surface area (Å²) in [7, 11) is 0. The van der Waals surface area contributed by atoms with Gasteiger partial charge in [0.25, 0.3) is 0 Å². The van der Waals surface area contributed by atoms with Gasteiger partial charge in [0.15, 0.2) is 0 Å². The molecule has 0 aromatic rings. The zero-order valence-corrected chi connectivity index (χ0v) is 18.5. The number of hydrogen-bond donors (Lipinski definition) is 0. The smallest absolute Gasteiger partial charge is 0.0348 e. The summed E-state index contributed by atoms with van der Waals surface area (Å²) in [5.41, 5.74) is 0. The summed E-state index contributed by atoms with van der Waals surface area (Å²) < 4.78 is 0. The second-order valence-electron chi connectivity index (χ2n) is 6.36. The Morgan fingerprint density at radius 1 is 0.400 bits per heavy atom. The van der Waals surface area contributed by atoms with Crippen LogP contribution in [0.5, 0.6) is 0 Å². The summed E-state index contributed by atoms with van der Waals surface area (Å²) in [6.45, 7) is 5.86. The summed E-state index contributed by atoms with van der Waals surface area (Å²) in [4.78, 5) is 0. The van der Waals surface area contributed by atoms with Gasteiger partial charge >= 0.3 is 0 Å². The van der Waals surface area contributed by atoms with Crippen LogP contribution in [0.15, 0.2) is 146 Å². The Hall–Kier alpha value is -3.12. The highest BCUT2D eigenvalue weighted by atomic mass is 13.9. The van der Waals surface area contributed by atoms with Gasteiger partial charge in [0, 0.05) is 0 Å². The van der Waals surface area contributed by atoms with Gasteiger partial charge in [-0.05, 0) is 12.8 Å². The third-order valence-electron chi connectivity index (χ3n) is 3.72. The van der Waals surface area contributed by atoms with Crippen molar-refractivity contribution in [1.29, 1.82) is 0 Å². The van der Waals surface area contributed by atoms with E-state index in [1.807, 2.05) is 109 Å². The van der Waals surface area contributed by atoms with E-state index in [1.165, 1.54) is 32.1 Å². The van der Waals surface area contributed by atoms with Crippen molar-refractivity contribution in [2.45, 2.75) is 39.0 Å². The van der Waals surface area contributed by atoms with Crippen molar-refractivity contribution in [1.82, 2.24) is 0 Å². The van der Waals surface area contributed by atoms with Crippen LogP contribution in [0.1, 0.15) is 39.0 Å². The molecule has 0 nitrogen and oxygen atoms in total. The van der Waals surface area contributed by atoms with E-state index < -0.39 is 0 Å². The third-order valence-corrected chi connectivity index (χ3v) is 3.72. The molecule has 0 spiro atoms. The molecule has 0 N–H and O–H groups in total. The van der Waals surface area contributed by atoms with E-state index in [1.54, 1.807) is 6.08 Å². The van der Waals surface area contributed by atoms with E-state index in [2.05, 4.69) is 37.8 Å². The van der Waals surface area contributed by atoms with Gasteiger partial charge in [0.05, 0.1) is 0 Å². The first kappa shape index (κ1) is 26.9. The Morgan fingerprint density at radius 3 is 1.07 bits per heavy atom. The quantitative estimate of drug-likeness (QED) is 0.179. The Morgan fingerprint density at radius 2 is 0.733 bits per heavy atom. The molecule has 158 valence electrons. The highest BCUT2D eigenvalue weighted by molar-refractivity contribution is 5.23. The Bertz CT molecular complexity index is 707. The number of hydrogen-bond acceptors (Lipinski definition) is 0. The van der Waals surface area contributed by atoms with Gasteiger partial charge < -0.3 is 0 Å². The van der Waals surface area contributed by atoms with Crippen molar-refractivity contribution >= 4 is 0 Å². The topological polar surface area (TPSA) is 0 Å². The fourth-order valence-electron chi connectivity index (χ4n) is 2.16. The zero-order valence-electron chi connectivity index (χ0n) is 18.5. The minimum atomic E-state index is 1.18. The molecular weight excluding hydrogens is 360 g/mol. The standard InChI is InChI=1S/C30H38/c1-3-5-7-9-11-13-15-17-19-21-23-25-27-29-30-28-26-24-22-20-18-16-14-12-10-8-6-4-2/h3,5,7,9,11,13-30H,1,4,6,8,10,12H2,2H3/b7-5+,11-9+,15-13+,16-14+,19-17+,20-18+,23-21+,24-22+,27-25+,28-26+,30-29+. The summed E-state index contributed by atoms with van der Waals surface area (Å²) in [5, 5.41) is 0. The molecule has 0 aliphatic heterocycles. The van der Waals surface area contributed by atoms with Gasteiger partial charge in [0.2, 0.25) is 0 Å². The first-order valence-corrected chi connectivity index (χ1v) is 10.9. The van der Waals surface area contributed by atoms with E-state index in [4.69, 9.17) is 0 Å². The van der Waals surface area contributed by atoms with Crippen LogP contribution in [-0.2, 0) is 0 Å². The molecule has 0 bridgehead atoms. The maximum absolute atomic E-state index is 3.62. The average molecular weight is 399 g/mol. The van der Waals surface area contributed by atoms with Crippen molar-refractivity contribution in [3.05, 3.63) is 146 Å². The molecule has 0 aromatic carbocycles. The van der Waals surface area contributed by atoms with Crippen LogP contribution in [-0.4, -0.2) is 0 Å². The highest BCUT2D eigenvalue weighted by Gasteiger charge is 1.82. The van der Waals surface area contributed by atoms with Crippen LogP contribution in [0, 0.1) is 0 Å². The monoisotopic (exact) mass is 398 g/mol. The predicted molar refractivity (Wildman–Crippen MR) is 139 cm³/mol. The van der Waals surface area contributed by atoms with Crippen molar-refractivity contribution in [3.63, 3.8) is 0 Å². The lowest BCUT2D eigenvalue weighted by Gasteiger charge is -1.92. The molecule has 0 heterocycles. The fraction of sp³-hybridized carbons (Fsp3) is 0.200. The van der Waals surface area contributed by atoms with Gasteiger partial charge in [-0.1, -0.05) is 173 Å². The molecule has 0 saturated heterocycles. The largest absolute Gasteiger partial charge is 0.0991 e. The van der Waals surface area contributed by atoms with Gasteiger partial charge in [-0.15, -0.1) is 0 Å². The van der Waals surface area contributed by atoms with Crippen LogP contribution >= 0.6 is 0 Å². The average Bonchev–Trinajstić information content (AvgIpc) is 2.76. The first-order valence-electron chi connectivity index (χ1n) is 10.9. The van der Waals surface area contributed by atoms with Crippen molar-refractivity contribution in [2.24, 2.45) is 0 Å². The molecule has 0 unspecified atom stereocenters. The molecule has 0 aliphatic rings. The third kappa shape index (κ3) is 24.9. The number of rotatable bonds is 16. The van der Waals surface area contributed by atoms with E-state index in [0.717, 1.165) is 0 Å². The minimum absolute atomic E-state index is 1.18. The Kier molecular flexibility index (Phi) is 23.2. The van der Waals surface area contributed by atoms with Gasteiger partial charge in [-0.3, -0.25) is 0 Å². The number of unbranched alkanes of at least 4 members (excludes halogenated alkanes) is 4. The second-order valence-corrected chi connectivity index (χ2v) is 6.36. The van der Waals surface area contributed by atoms with Crippen LogP contribution in [0.3, 0.4) is 0 Å². The minimum Gasteiger partial charge on any atom is -0.0991 e. The van der Waals surface area contributed by atoms with Gasteiger partial charge in [-0.2, -0.15) is 0 Å². The second kappa shape index (κ2) is 25.9. The highest BCUT2D eigenvalue weighted by Crippen LogP contribution is 2.02. The molecule has 0 saturated carbocycles. The molecule has 0 amide bonds. The fourth-order valence-corrected chi connectivity index (χ4v) is 2.16. The van der Waals surface area contributed by atoms with Gasteiger partial charge in [-0.25, -0.2) is 0 Å². The van der Waals surface area contributed by atoms with Crippen molar-refractivity contribution in [3.8, 4) is 0 Å². The van der Waals surface area contributed by atoms with Crippen molar-refractivity contribution in [2.75, 3.05) is 0 Å². The predicted octanol–water partition coefficient (Wildman–Crippen LogP) is 9.26. The molecule has 0 rings (SSSR count). The molecule has 30 heavy (non-hydrogen) atoms. The maximum atomic E-state index is 3.62. The maximum Gasteiger partial charge on any atom is -0.0348 e. The van der Waals surface area contributed by atoms with Crippen LogP contribution in [0.4, 0.5) is 0 Å². The van der Waals surface area contributed by atoms with Crippen molar-refractivity contribution < 1.29 is 0 Å². The molecule has 0 atom stereocenters. The van der Waals surface area contributed by atoms with Crippen LogP contribution < -0.4 is 0 Å². The molecule has 0 aliphatic carbocycles. The Labute approximate surface area is 185 Å². The van der Waals surface area contributed by atoms with Crippen LogP contribution in [0.2, 0.25) is 0 Å². The van der Waals surface area contributed by atoms with Crippen LogP contribution in [0.25, 0.3) is 0 Å². The molecular formula is C30H38. The lowest BCUT2D eigenvalue weighted by Crippen LogP contribution is -1.72. The molecule has 0 fully saturated rings. The van der Waals surface area contributed by atoms with E-state index >= 15 is 0 Å². The zero-order chi connectivity index (χ0) is 21.8. The lowest BCUT2D eigenvalue weighted by molar-refractivity contribution is 0.674. The van der Waals surface area contributed by atoms with E-state index in [0.29, 0.717) is 0 Å². The van der Waals surface area contributed by atoms with E-state index in [-0.39, 0.29) is 0 Å². The first-order chi connectivity index (χ1) is 14.9. The number of allylic oxidation sites excluding steroid dienone is 23. The normalized spacial score (nSPS) is 14.2. The molecule has 0 heteroatoms.